The number of esters is 1. The lowest BCUT2D eigenvalue weighted by Gasteiger charge is -2.20. The van der Waals surface area contributed by atoms with Gasteiger partial charge in [-0.3, -0.25) is 9.59 Å². The van der Waals surface area contributed by atoms with Crippen molar-refractivity contribution in [2.45, 2.75) is 13.3 Å². The summed E-state index contributed by atoms with van der Waals surface area (Å²) in [5.41, 5.74) is 0. The van der Waals surface area contributed by atoms with Crippen LogP contribution < -0.4 is 4.74 Å². The lowest BCUT2D eigenvalue weighted by molar-refractivity contribution is -0.142. The van der Waals surface area contributed by atoms with Crippen LogP contribution in [0.3, 0.4) is 0 Å². The highest BCUT2D eigenvalue weighted by Crippen LogP contribution is 2.27. The minimum absolute atomic E-state index is 0.147. The van der Waals surface area contributed by atoms with E-state index in [1.165, 1.54) is 12.0 Å². The number of carbonyl (C=O) groups is 2. The molecule has 5 nitrogen and oxygen atoms in total. The molecule has 0 aliphatic carbocycles. The van der Waals surface area contributed by atoms with E-state index in [1.54, 1.807) is 18.2 Å². The number of carbonyl (C=O) groups excluding carboxylic acids is 2. The predicted octanol–water partition coefficient (Wildman–Crippen LogP) is 2.78. The monoisotopic (exact) mass is 333 g/mol. The van der Waals surface area contributed by atoms with Gasteiger partial charge in [0.1, 0.15) is 5.75 Å². The first kappa shape index (κ1) is 17.6. The van der Waals surface area contributed by atoms with Gasteiger partial charge < -0.3 is 14.4 Å². The van der Waals surface area contributed by atoms with Crippen LogP contribution in [-0.2, 0) is 14.3 Å². The van der Waals surface area contributed by atoms with E-state index in [9.17, 15) is 9.59 Å². The molecule has 7 heteroatoms. The van der Waals surface area contributed by atoms with E-state index in [2.05, 4.69) is 4.74 Å². The van der Waals surface area contributed by atoms with Crippen LogP contribution in [0.4, 0.5) is 0 Å². The average molecular weight is 334 g/mol. The Hall–Kier alpha value is -1.46. The number of likely N-dealkylation sites (N-methyl/N-ethyl adjacent to an activating group) is 1. The van der Waals surface area contributed by atoms with E-state index >= 15 is 0 Å². The number of hydrogen-bond donors (Lipinski definition) is 0. The summed E-state index contributed by atoms with van der Waals surface area (Å²) in [5.74, 6) is -0.251. The smallest absolute Gasteiger partial charge is 0.307 e. The summed E-state index contributed by atoms with van der Waals surface area (Å²) in [7, 11) is 1.31. The Morgan fingerprint density at radius 1 is 1.29 bits per heavy atom. The van der Waals surface area contributed by atoms with Crippen LogP contribution in [0.25, 0.3) is 0 Å². The first-order valence-corrected chi connectivity index (χ1v) is 7.16. The molecule has 1 rings (SSSR count). The third kappa shape index (κ3) is 5.81. The van der Waals surface area contributed by atoms with Crippen molar-refractivity contribution >= 4 is 35.1 Å². The second kappa shape index (κ2) is 8.74. The highest BCUT2D eigenvalue weighted by molar-refractivity contribution is 6.34. The van der Waals surface area contributed by atoms with Crippen molar-refractivity contribution in [2.24, 2.45) is 0 Å². The molecule has 116 valence electrons. The molecule has 0 spiro atoms. The largest absolute Gasteiger partial charge is 0.482 e. The first-order chi connectivity index (χ1) is 9.97. The van der Waals surface area contributed by atoms with Gasteiger partial charge in [-0.1, -0.05) is 23.2 Å². The number of nitrogens with zero attached hydrogens (tertiary/aromatic N) is 1. The van der Waals surface area contributed by atoms with Gasteiger partial charge in [-0.15, -0.1) is 0 Å². The molecule has 0 atom stereocenters. The fourth-order valence-corrected chi connectivity index (χ4v) is 1.94. The summed E-state index contributed by atoms with van der Waals surface area (Å²) >= 11 is 11.8. The molecule has 1 aromatic carbocycles. The molecule has 0 saturated carbocycles. The van der Waals surface area contributed by atoms with E-state index in [4.69, 9.17) is 27.9 Å². The highest BCUT2D eigenvalue weighted by Gasteiger charge is 2.15. The van der Waals surface area contributed by atoms with Crippen molar-refractivity contribution in [1.29, 1.82) is 0 Å². The molecule has 0 radical (unpaired) electrons. The van der Waals surface area contributed by atoms with Crippen molar-refractivity contribution in [3.8, 4) is 5.75 Å². The Labute approximate surface area is 133 Å². The molecule has 0 unspecified atom stereocenters. The zero-order valence-electron chi connectivity index (χ0n) is 11.9. The van der Waals surface area contributed by atoms with Crippen molar-refractivity contribution < 1.29 is 19.1 Å². The third-order valence-electron chi connectivity index (χ3n) is 2.79. The Morgan fingerprint density at radius 2 is 2.00 bits per heavy atom. The third-order valence-corrected chi connectivity index (χ3v) is 3.34. The molecule has 0 aromatic heterocycles. The highest BCUT2D eigenvalue weighted by atomic mass is 35.5. The molecule has 21 heavy (non-hydrogen) atoms. The summed E-state index contributed by atoms with van der Waals surface area (Å²) in [6, 6.07) is 4.77. The fraction of sp³-hybridized carbons (Fsp3) is 0.429. The normalized spacial score (nSPS) is 10.1. The molecule has 0 saturated heterocycles. The fourth-order valence-electron chi connectivity index (χ4n) is 1.61. The number of benzene rings is 1. The predicted molar refractivity (Wildman–Crippen MR) is 80.8 cm³/mol. The van der Waals surface area contributed by atoms with Crippen molar-refractivity contribution in [3.05, 3.63) is 28.2 Å². The maximum Gasteiger partial charge on any atom is 0.307 e. The zero-order valence-corrected chi connectivity index (χ0v) is 13.4. The Kier molecular flexibility index (Phi) is 7.32. The molecule has 1 amide bonds. The van der Waals surface area contributed by atoms with Gasteiger partial charge >= 0.3 is 5.97 Å². The van der Waals surface area contributed by atoms with Crippen LogP contribution in [0.1, 0.15) is 13.3 Å². The van der Waals surface area contributed by atoms with Crippen LogP contribution >= 0.6 is 23.2 Å². The molecular weight excluding hydrogens is 317 g/mol. The zero-order chi connectivity index (χ0) is 15.8. The number of hydrogen-bond acceptors (Lipinski definition) is 4. The number of amides is 1. The maximum atomic E-state index is 12.0. The van der Waals surface area contributed by atoms with Crippen molar-refractivity contribution in [1.82, 2.24) is 4.90 Å². The second-order valence-corrected chi connectivity index (χ2v) is 5.01. The maximum absolute atomic E-state index is 12.0. The lowest BCUT2D eigenvalue weighted by Crippen LogP contribution is -2.36. The minimum atomic E-state index is -0.361. The molecule has 0 N–H and O–H groups in total. The minimum Gasteiger partial charge on any atom is -0.482 e. The van der Waals surface area contributed by atoms with Crippen molar-refractivity contribution in [2.75, 3.05) is 26.8 Å². The van der Waals surface area contributed by atoms with Gasteiger partial charge in [0.05, 0.1) is 18.6 Å². The van der Waals surface area contributed by atoms with Crippen LogP contribution in [0.2, 0.25) is 10.0 Å². The Bertz CT molecular complexity index is 508. The van der Waals surface area contributed by atoms with E-state index in [-0.39, 0.29) is 31.4 Å². The van der Waals surface area contributed by atoms with Gasteiger partial charge in [-0.2, -0.15) is 0 Å². The second-order valence-electron chi connectivity index (χ2n) is 4.16. The van der Waals surface area contributed by atoms with Gasteiger partial charge in [0.15, 0.2) is 6.61 Å². The number of halogens is 2. The van der Waals surface area contributed by atoms with Gasteiger partial charge in [-0.25, -0.2) is 0 Å². The molecule has 1 aromatic rings. The molecular formula is C14H17Cl2NO4. The van der Waals surface area contributed by atoms with Gasteiger partial charge in [-0.05, 0) is 19.1 Å². The summed E-state index contributed by atoms with van der Waals surface area (Å²) in [6.45, 7) is 2.41. The van der Waals surface area contributed by atoms with Gasteiger partial charge in [0.2, 0.25) is 0 Å². The number of methoxy groups -OCH3 is 1. The first-order valence-electron chi connectivity index (χ1n) is 6.40. The van der Waals surface area contributed by atoms with Crippen LogP contribution in [0.15, 0.2) is 18.2 Å². The van der Waals surface area contributed by atoms with E-state index in [0.717, 1.165) is 0 Å². The van der Waals surface area contributed by atoms with Crippen molar-refractivity contribution in [3.63, 3.8) is 0 Å². The van der Waals surface area contributed by atoms with E-state index in [0.29, 0.717) is 22.3 Å². The standard InChI is InChI=1S/C14H17Cl2NO4/c1-3-17(7-6-14(19)20-2)13(18)9-21-12-8-10(15)4-5-11(12)16/h4-5,8H,3,6-7,9H2,1-2H3. The summed E-state index contributed by atoms with van der Waals surface area (Å²) in [5, 5.41) is 0.852. The number of rotatable bonds is 7. The Balaban J connectivity index is 2.54. The summed E-state index contributed by atoms with van der Waals surface area (Å²) in [6.07, 6.45) is 0.147. The topological polar surface area (TPSA) is 55.8 Å². The summed E-state index contributed by atoms with van der Waals surface area (Å²) in [4.78, 5) is 24.6. The van der Waals surface area contributed by atoms with E-state index < -0.39 is 0 Å². The number of ether oxygens (including phenoxy) is 2. The van der Waals surface area contributed by atoms with Crippen LogP contribution in [-0.4, -0.2) is 43.6 Å². The van der Waals surface area contributed by atoms with Gasteiger partial charge in [0, 0.05) is 24.2 Å². The molecule has 0 aliphatic rings. The molecule has 0 aliphatic heterocycles. The lowest BCUT2D eigenvalue weighted by atomic mass is 10.3. The molecule has 0 fully saturated rings. The van der Waals surface area contributed by atoms with Crippen LogP contribution in [0, 0.1) is 0 Å². The van der Waals surface area contributed by atoms with Gasteiger partial charge in [0.25, 0.3) is 5.91 Å². The molecule has 0 bridgehead atoms. The molecule has 0 heterocycles. The average Bonchev–Trinajstić information content (AvgIpc) is 2.48. The quantitative estimate of drug-likeness (QED) is 0.720. The van der Waals surface area contributed by atoms with Crippen LogP contribution in [0.5, 0.6) is 5.75 Å². The SMILES string of the molecule is CCN(CCC(=O)OC)C(=O)COc1cc(Cl)ccc1Cl. The summed E-state index contributed by atoms with van der Waals surface area (Å²) < 4.78 is 9.91. The Morgan fingerprint density at radius 3 is 2.62 bits per heavy atom. The van der Waals surface area contributed by atoms with E-state index in [1.807, 2.05) is 6.92 Å².